The van der Waals surface area contributed by atoms with Gasteiger partial charge < -0.3 is 0 Å². The molecule has 3 aromatic carbocycles. The van der Waals surface area contributed by atoms with E-state index in [2.05, 4.69) is 15.9 Å². The fraction of sp³-hybridized carbons (Fsp3) is 0.167. The summed E-state index contributed by atoms with van der Waals surface area (Å²) < 4.78 is 0.784. The van der Waals surface area contributed by atoms with Crippen LogP contribution in [0.1, 0.15) is 22.3 Å². The summed E-state index contributed by atoms with van der Waals surface area (Å²) in [6.07, 6.45) is 0. The minimum atomic E-state index is -1.15. The number of nitrogens with zero attached hydrogens (tertiary/aromatic N) is 1. The van der Waals surface area contributed by atoms with Crippen molar-refractivity contribution in [1.82, 2.24) is 0 Å². The van der Waals surface area contributed by atoms with Crippen LogP contribution >= 0.6 is 39.1 Å². The lowest BCUT2D eigenvalue weighted by Gasteiger charge is -2.54. The molecule has 1 aliphatic heterocycles. The summed E-state index contributed by atoms with van der Waals surface area (Å²) in [7, 11) is 0. The van der Waals surface area contributed by atoms with Crippen LogP contribution in [0.4, 0.5) is 5.69 Å². The van der Waals surface area contributed by atoms with E-state index in [4.69, 9.17) is 23.2 Å². The first kappa shape index (κ1) is 18.6. The van der Waals surface area contributed by atoms with Crippen molar-refractivity contribution < 1.29 is 9.59 Å². The molecule has 4 aliphatic rings. The molecule has 0 unspecified atom stereocenters. The summed E-state index contributed by atoms with van der Waals surface area (Å²) in [5, 5.41) is 0. The van der Waals surface area contributed by atoms with Gasteiger partial charge in [-0.05, 0) is 40.5 Å². The molecule has 1 fully saturated rings. The van der Waals surface area contributed by atoms with E-state index in [1.807, 2.05) is 54.6 Å². The third kappa shape index (κ3) is 1.98. The molecule has 148 valence electrons. The van der Waals surface area contributed by atoms with Crippen LogP contribution in [-0.2, 0) is 19.3 Å². The van der Waals surface area contributed by atoms with Crippen LogP contribution in [0.5, 0.6) is 0 Å². The Labute approximate surface area is 191 Å². The van der Waals surface area contributed by atoms with Gasteiger partial charge in [0.2, 0.25) is 11.8 Å². The Morgan fingerprint density at radius 3 is 1.53 bits per heavy atom. The van der Waals surface area contributed by atoms with Gasteiger partial charge in [-0.2, -0.15) is 0 Å². The minimum absolute atomic E-state index is 0.313. The van der Waals surface area contributed by atoms with Crippen LogP contribution < -0.4 is 4.90 Å². The van der Waals surface area contributed by atoms with E-state index < -0.39 is 21.6 Å². The Kier molecular flexibility index (Phi) is 3.70. The summed E-state index contributed by atoms with van der Waals surface area (Å²) in [5.41, 5.74) is 3.73. The standard InChI is InChI=1S/C24H14BrCl2NO2/c25-13-6-5-7-14(12-13)28-21(29)19-20(22(28)30)24(27)16-9-2-1-8-15(16)23(19,26)17-10-3-4-11-18(17)24/h1-12,19-20H/t19-,20-,23?,24?/m1/s1. The molecule has 0 spiro atoms. The zero-order valence-corrected chi connectivity index (χ0v) is 18.6. The predicted molar refractivity (Wildman–Crippen MR) is 120 cm³/mol. The van der Waals surface area contributed by atoms with Gasteiger partial charge in [-0.1, -0.05) is 70.5 Å². The average Bonchev–Trinajstić information content (AvgIpc) is 3.03. The Morgan fingerprint density at radius 1 is 0.700 bits per heavy atom. The maximum absolute atomic E-state index is 13.8. The predicted octanol–water partition coefficient (Wildman–Crippen LogP) is 5.55. The molecular formula is C24H14BrCl2NO2. The van der Waals surface area contributed by atoms with Crippen molar-refractivity contribution in [3.05, 3.63) is 99.5 Å². The number of carbonyl (C=O) groups excluding carboxylic acids is 2. The van der Waals surface area contributed by atoms with E-state index in [0.717, 1.165) is 26.7 Å². The highest BCUT2D eigenvalue weighted by Crippen LogP contribution is 2.69. The molecule has 6 heteroatoms. The van der Waals surface area contributed by atoms with E-state index in [9.17, 15) is 9.59 Å². The second-order valence-electron chi connectivity index (χ2n) is 7.96. The molecule has 1 heterocycles. The molecule has 1 saturated heterocycles. The van der Waals surface area contributed by atoms with E-state index in [-0.39, 0.29) is 11.8 Å². The van der Waals surface area contributed by atoms with Gasteiger partial charge >= 0.3 is 0 Å². The molecule has 3 nitrogen and oxygen atoms in total. The lowest BCUT2D eigenvalue weighted by Crippen LogP contribution is -2.57. The number of imide groups is 1. The van der Waals surface area contributed by atoms with Crippen LogP contribution in [0, 0.1) is 11.8 Å². The van der Waals surface area contributed by atoms with Crippen molar-refractivity contribution in [1.29, 1.82) is 0 Å². The lowest BCUT2D eigenvalue weighted by molar-refractivity contribution is -0.122. The molecule has 0 radical (unpaired) electrons. The van der Waals surface area contributed by atoms with Gasteiger partial charge in [0.25, 0.3) is 0 Å². The van der Waals surface area contributed by atoms with E-state index >= 15 is 0 Å². The third-order valence-electron chi connectivity index (χ3n) is 6.65. The summed E-state index contributed by atoms with van der Waals surface area (Å²) >= 11 is 18.2. The number of alkyl halides is 2. The normalized spacial score (nSPS) is 30.8. The first-order valence-electron chi connectivity index (χ1n) is 9.61. The number of halogens is 3. The molecular weight excluding hydrogens is 485 g/mol. The maximum Gasteiger partial charge on any atom is 0.240 e. The fourth-order valence-electron chi connectivity index (χ4n) is 5.54. The summed E-state index contributed by atoms with van der Waals surface area (Å²) in [6, 6.07) is 22.4. The molecule has 0 aromatic heterocycles. The maximum atomic E-state index is 13.8. The molecule has 2 amide bonds. The second-order valence-corrected chi connectivity index (χ2v) is 10.1. The van der Waals surface area contributed by atoms with E-state index in [0.29, 0.717) is 5.69 Å². The highest BCUT2D eigenvalue weighted by Gasteiger charge is 2.73. The first-order chi connectivity index (χ1) is 14.4. The first-order valence-corrected chi connectivity index (χ1v) is 11.2. The smallest absolute Gasteiger partial charge is 0.240 e. The Balaban J connectivity index is 1.67. The van der Waals surface area contributed by atoms with Gasteiger partial charge in [0.05, 0.1) is 17.5 Å². The number of hydrogen-bond donors (Lipinski definition) is 0. The number of benzene rings is 3. The fourth-order valence-corrected chi connectivity index (χ4v) is 7.02. The third-order valence-corrected chi connectivity index (χ3v) is 8.43. The number of hydrogen-bond acceptors (Lipinski definition) is 2. The molecule has 2 atom stereocenters. The van der Waals surface area contributed by atoms with Crippen molar-refractivity contribution in [2.75, 3.05) is 4.90 Å². The van der Waals surface area contributed by atoms with Gasteiger partial charge in [-0.25, -0.2) is 4.90 Å². The van der Waals surface area contributed by atoms with Crippen LogP contribution in [0.25, 0.3) is 0 Å². The number of anilines is 1. The summed E-state index contributed by atoms with van der Waals surface area (Å²) in [4.78, 5) is 26.5. The minimum Gasteiger partial charge on any atom is -0.274 e. The van der Waals surface area contributed by atoms with E-state index in [1.54, 1.807) is 18.2 Å². The topological polar surface area (TPSA) is 37.4 Å². The second kappa shape index (κ2) is 5.97. The van der Waals surface area contributed by atoms with Gasteiger partial charge in [-0.3, -0.25) is 9.59 Å². The van der Waals surface area contributed by atoms with Crippen molar-refractivity contribution in [3.8, 4) is 0 Å². The molecule has 0 N–H and O–H groups in total. The van der Waals surface area contributed by atoms with Gasteiger partial charge in [0.15, 0.2) is 0 Å². The van der Waals surface area contributed by atoms with Crippen molar-refractivity contribution in [3.63, 3.8) is 0 Å². The number of rotatable bonds is 1. The zero-order chi connectivity index (χ0) is 20.8. The van der Waals surface area contributed by atoms with Crippen LogP contribution in [0.3, 0.4) is 0 Å². The monoisotopic (exact) mass is 497 g/mol. The molecule has 0 saturated carbocycles. The van der Waals surface area contributed by atoms with Gasteiger partial charge in [-0.15, -0.1) is 23.2 Å². The lowest BCUT2D eigenvalue weighted by atomic mass is 9.54. The SMILES string of the molecule is O=C1[C@H]2[C@H](C(=O)N1c1cccc(Br)c1)C1(Cl)c3ccccc3C2(Cl)c2ccccc21. The summed E-state index contributed by atoms with van der Waals surface area (Å²) in [5.74, 6) is -2.19. The molecule has 3 aromatic rings. The molecule has 30 heavy (non-hydrogen) atoms. The van der Waals surface area contributed by atoms with Crippen molar-refractivity contribution >= 4 is 56.6 Å². The van der Waals surface area contributed by atoms with E-state index in [1.165, 1.54) is 4.90 Å². The highest BCUT2D eigenvalue weighted by molar-refractivity contribution is 9.10. The number of amides is 2. The van der Waals surface area contributed by atoms with Crippen molar-refractivity contribution in [2.45, 2.75) is 9.75 Å². The molecule has 7 rings (SSSR count). The van der Waals surface area contributed by atoms with Crippen LogP contribution in [-0.4, -0.2) is 11.8 Å². The molecule has 3 aliphatic carbocycles. The van der Waals surface area contributed by atoms with Gasteiger partial charge in [0.1, 0.15) is 9.75 Å². The summed E-state index contributed by atoms with van der Waals surface area (Å²) in [6.45, 7) is 0. The average molecular weight is 499 g/mol. The highest BCUT2D eigenvalue weighted by atomic mass is 79.9. The Morgan fingerprint density at radius 2 is 1.13 bits per heavy atom. The Hall–Kier alpha value is -2.14. The van der Waals surface area contributed by atoms with Crippen molar-refractivity contribution in [2.24, 2.45) is 11.8 Å². The van der Waals surface area contributed by atoms with Crippen LogP contribution in [0.2, 0.25) is 0 Å². The molecule has 2 bridgehead atoms. The van der Waals surface area contributed by atoms with Crippen LogP contribution in [0.15, 0.2) is 77.3 Å². The largest absolute Gasteiger partial charge is 0.274 e. The zero-order valence-electron chi connectivity index (χ0n) is 15.5. The Bertz CT molecular complexity index is 1150. The quantitative estimate of drug-likeness (QED) is 0.326. The number of carbonyl (C=O) groups is 2. The van der Waals surface area contributed by atoms with Gasteiger partial charge in [0, 0.05) is 4.47 Å².